The quantitative estimate of drug-likeness (QED) is 0.761. The molecule has 0 aliphatic carbocycles. The number of aliphatic hydroxyl groups is 1. The smallest absolute Gasteiger partial charge is 0.314 e. The summed E-state index contributed by atoms with van der Waals surface area (Å²) in [7, 11) is 0. The number of aromatic nitrogens is 1. The molecule has 0 aliphatic rings. The van der Waals surface area contributed by atoms with Gasteiger partial charge in [0, 0.05) is 30.6 Å². The van der Waals surface area contributed by atoms with Gasteiger partial charge in [-0.3, -0.25) is 0 Å². The van der Waals surface area contributed by atoms with Crippen molar-refractivity contribution in [3.8, 4) is 0 Å². The minimum atomic E-state index is -0.707. The predicted molar refractivity (Wildman–Crippen MR) is 92.8 cm³/mol. The predicted octanol–water partition coefficient (Wildman–Crippen LogP) is 2.64. The van der Waals surface area contributed by atoms with Gasteiger partial charge in [0.05, 0.1) is 11.1 Å². The summed E-state index contributed by atoms with van der Waals surface area (Å²) >= 11 is 1.63. The van der Waals surface area contributed by atoms with E-state index in [1.165, 1.54) is 4.88 Å². The number of hydrogen-bond acceptors (Lipinski definition) is 4. The molecule has 2 aromatic rings. The van der Waals surface area contributed by atoms with Gasteiger partial charge in [0.2, 0.25) is 0 Å². The number of amides is 2. The summed E-state index contributed by atoms with van der Waals surface area (Å²) in [5, 5.41) is 16.7. The van der Waals surface area contributed by atoms with Gasteiger partial charge in [-0.25, -0.2) is 9.78 Å². The summed E-state index contributed by atoms with van der Waals surface area (Å²) < 4.78 is 0. The van der Waals surface area contributed by atoms with Crippen LogP contribution in [0.5, 0.6) is 0 Å². The molecule has 3 N–H and O–H groups in total. The lowest BCUT2D eigenvalue weighted by atomic mass is 10.0. The van der Waals surface area contributed by atoms with Gasteiger partial charge in [-0.1, -0.05) is 29.3 Å². The first-order valence-corrected chi connectivity index (χ1v) is 8.45. The second kappa shape index (κ2) is 8.08. The standard InChI is InChI=1S/C17H23N3O2S/c1-11-6-12(2)8-14(7-11)15(21)10-20-17(22)18-5-4-16-19-9-13(3)23-16/h6-9,15,21H,4-5,10H2,1-3H3,(H2,18,20,22)/t15-/m0/s1. The lowest BCUT2D eigenvalue weighted by molar-refractivity contribution is 0.173. The molecule has 23 heavy (non-hydrogen) atoms. The molecular weight excluding hydrogens is 310 g/mol. The number of rotatable bonds is 6. The molecule has 2 rings (SSSR count). The summed E-state index contributed by atoms with van der Waals surface area (Å²) in [5.41, 5.74) is 3.02. The Hall–Kier alpha value is -1.92. The maximum absolute atomic E-state index is 11.8. The molecule has 1 aromatic carbocycles. The number of aliphatic hydroxyl groups excluding tert-OH is 1. The van der Waals surface area contributed by atoms with E-state index < -0.39 is 6.10 Å². The van der Waals surface area contributed by atoms with Crippen LogP contribution in [0.3, 0.4) is 0 Å². The molecule has 1 heterocycles. The highest BCUT2D eigenvalue weighted by atomic mass is 32.1. The Morgan fingerprint density at radius 1 is 1.22 bits per heavy atom. The minimum Gasteiger partial charge on any atom is -0.387 e. The molecular formula is C17H23N3O2S. The molecule has 0 spiro atoms. The van der Waals surface area contributed by atoms with Crippen molar-refractivity contribution in [1.82, 2.24) is 15.6 Å². The lowest BCUT2D eigenvalue weighted by Crippen LogP contribution is -2.38. The number of benzene rings is 1. The van der Waals surface area contributed by atoms with E-state index in [1.807, 2.05) is 39.1 Å². The van der Waals surface area contributed by atoms with Crippen molar-refractivity contribution in [3.05, 3.63) is 51.0 Å². The Morgan fingerprint density at radius 3 is 2.52 bits per heavy atom. The zero-order valence-electron chi connectivity index (χ0n) is 13.7. The molecule has 0 radical (unpaired) electrons. The zero-order chi connectivity index (χ0) is 16.8. The number of aryl methyl sites for hydroxylation is 3. The van der Waals surface area contributed by atoms with Crippen molar-refractivity contribution in [2.24, 2.45) is 0 Å². The van der Waals surface area contributed by atoms with Gasteiger partial charge in [0.15, 0.2) is 0 Å². The molecule has 0 aliphatic heterocycles. The van der Waals surface area contributed by atoms with Gasteiger partial charge in [-0.15, -0.1) is 11.3 Å². The molecule has 0 saturated carbocycles. The zero-order valence-corrected chi connectivity index (χ0v) is 14.5. The van der Waals surface area contributed by atoms with Crippen LogP contribution in [-0.2, 0) is 6.42 Å². The van der Waals surface area contributed by atoms with E-state index in [4.69, 9.17) is 0 Å². The Balaban J connectivity index is 1.73. The summed E-state index contributed by atoms with van der Waals surface area (Å²) in [6.07, 6.45) is 1.84. The van der Waals surface area contributed by atoms with Crippen LogP contribution in [0.1, 0.15) is 32.7 Å². The van der Waals surface area contributed by atoms with Crippen LogP contribution in [0.2, 0.25) is 0 Å². The molecule has 0 unspecified atom stereocenters. The number of urea groups is 1. The highest BCUT2D eigenvalue weighted by Gasteiger charge is 2.10. The normalized spacial score (nSPS) is 12.0. The van der Waals surface area contributed by atoms with Gasteiger partial charge in [0.1, 0.15) is 0 Å². The van der Waals surface area contributed by atoms with Gasteiger partial charge < -0.3 is 15.7 Å². The number of hydrogen-bond donors (Lipinski definition) is 3. The fourth-order valence-electron chi connectivity index (χ4n) is 2.37. The van der Waals surface area contributed by atoms with Crippen LogP contribution in [0.15, 0.2) is 24.4 Å². The number of carbonyl (C=O) groups excluding carboxylic acids is 1. The van der Waals surface area contributed by atoms with Gasteiger partial charge >= 0.3 is 6.03 Å². The van der Waals surface area contributed by atoms with Crippen molar-refractivity contribution in [1.29, 1.82) is 0 Å². The third-order valence-electron chi connectivity index (χ3n) is 3.38. The van der Waals surface area contributed by atoms with Gasteiger partial charge in [-0.05, 0) is 26.3 Å². The topological polar surface area (TPSA) is 74.2 Å². The van der Waals surface area contributed by atoms with Crippen molar-refractivity contribution in [2.75, 3.05) is 13.1 Å². The Bertz CT molecular complexity index is 649. The summed E-state index contributed by atoms with van der Waals surface area (Å²) in [4.78, 5) is 17.2. The molecule has 1 atom stereocenters. The summed E-state index contributed by atoms with van der Waals surface area (Å²) in [6.45, 7) is 6.70. The van der Waals surface area contributed by atoms with Crippen LogP contribution >= 0.6 is 11.3 Å². The van der Waals surface area contributed by atoms with Crippen molar-refractivity contribution < 1.29 is 9.90 Å². The number of nitrogens with zero attached hydrogens (tertiary/aromatic N) is 1. The fraction of sp³-hybridized carbons (Fsp3) is 0.412. The number of carbonyl (C=O) groups is 1. The fourth-order valence-corrected chi connectivity index (χ4v) is 3.16. The van der Waals surface area contributed by atoms with E-state index in [0.29, 0.717) is 13.0 Å². The largest absolute Gasteiger partial charge is 0.387 e. The minimum absolute atomic E-state index is 0.186. The molecule has 124 valence electrons. The Labute approximate surface area is 140 Å². The summed E-state index contributed by atoms with van der Waals surface area (Å²) in [5.74, 6) is 0. The van der Waals surface area contributed by atoms with Crippen LogP contribution in [0.25, 0.3) is 0 Å². The van der Waals surface area contributed by atoms with E-state index in [0.717, 1.165) is 21.7 Å². The van der Waals surface area contributed by atoms with Crippen molar-refractivity contribution >= 4 is 17.4 Å². The van der Waals surface area contributed by atoms with Crippen LogP contribution in [-0.4, -0.2) is 29.2 Å². The first-order valence-electron chi connectivity index (χ1n) is 7.63. The van der Waals surface area contributed by atoms with E-state index in [9.17, 15) is 9.90 Å². The van der Waals surface area contributed by atoms with E-state index in [2.05, 4.69) is 21.7 Å². The van der Waals surface area contributed by atoms with Gasteiger partial charge in [-0.2, -0.15) is 0 Å². The van der Waals surface area contributed by atoms with E-state index in [-0.39, 0.29) is 12.6 Å². The first kappa shape index (κ1) is 17.4. The third-order valence-corrected chi connectivity index (χ3v) is 4.35. The maximum Gasteiger partial charge on any atom is 0.314 e. The Morgan fingerprint density at radius 2 is 1.91 bits per heavy atom. The highest BCUT2D eigenvalue weighted by Crippen LogP contribution is 2.16. The molecule has 5 nitrogen and oxygen atoms in total. The lowest BCUT2D eigenvalue weighted by Gasteiger charge is -2.14. The van der Waals surface area contributed by atoms with E-state index >= 15 is 0 Å². The number of nitrogens with one attached hydrogen (secondary N) is 2. The first-order chi connectivity index (χ1) is 10.9. The number of thiazole rings is 1. The van der Waals surface area contributed by atoms with Gasteiger partial charge in [0.25, 0.3) is 0 Å². The van der Waals surface area contributed by atoms with Crippen LogP contribution in [0.4, 0.5) is 4.79 Å². The molecule has 6 heteroatoms. The highest BCUT2D eigenvalue weighted by molar-refractivity contribution is 7.11. The molecule has 0 bridgehead atoms. The maximum atomic E-state index is 11.8. The SMILES string of the molecule is Cc1cc(C)cc([C@@H](O)CNC(=O)NCCc2ncc(C)s2)c1. The average molecular weight is 333 g/mol. The monoisotopic (exact) mass is 333 g/mol. The molecule has 0 saturated heterocycles. The third kappa shape index (κ3) is 5.65. The van der Waals surface area contributed by atoms with Crippen LogP contribution < -0.4 is 10.6 Å². The molecule has 0 fully saturated rings. The van der Waals surface area contributed by atoms with Crippen molar-refractivity contribution in [3.63, 3.8) is 0 Å². The summed E-state index contributed by atoms with van der Waals surface area (Å²) in [6, 6.07) is 5.64. The van der Waals surface area contributed by atoms with Crippen molar-refractivity contribution in [2.45, 2.75) is 33.3 Å². The van der Waals surface area contributed by atoms with Crippen LogP contribution in [0, 0.1) is 20.8 Å². The molecule has 2 amide bonds. The van der Waals surface area contributed by atoms with E-state index in [1.54, 1.807) is 11.3 Å². The second-order valence-electron chi connectivity index (χ2n) is 5.69. The average Bonchev–Trinajstić information content (AvgIpc) is 2.89. The second-order valence-corrected chi connectivity index (χ2v) is 7.01. The Kier molecular flexibility index (Phi) is 6.12. The molecule has 1 aromatic heterocycles.